The average Bonchev–Trinajstić information content (AvgIpc) is 3.05. The molecule has 0 amide bonds. The third-order valence-electron chi connectivity index (χ3n) is 5.84. The molecule has 0 spiro atoms. The fourth-order valence-corrected chi connectivity index (χ4v) is 4.30. The summed E-state index contributed by atoms with van der Waals surface area (Å²) in [5, 5.41) is 0.967. The van der Waals surface area contributed by atoms with Crippen LogP contribution in [0.15, 0.2) is 48.5 Å². The predicted octanol–water partition coefficient (Wildman–Crippen LogP) is 0.651. The van der Waals surface area contributed by atoms with Crippen LogP contribution in [-0.4, -0.2) is 50.6 Å². The lowest BCUT2D eigenvalue weighted by Gasteiger charge is -2.29. The van der Waals surface area contributed by atoms with Crippen molar-refractivity contribution in [3.8, 4) is 5.75 Å². The number of aromatic nitrogens is 1. The Balaban J connectivity index is 1.40. The zero-order valence-corrected chi connectivity index (χ0v) is 16.7. The Hall–Kier alpha value is -2.63. The van der Waals surface area contributed by atoms with Crippen LogP contribution in [0.25, 0.3) is 10.9 Å². The van der Waals surface area contributed by atoms with Gasteiger partial charge >= 0.3 is 0 Å². The quantitative estimate of drug-likeness (QED) is 0.551. The van der Waals surface area contributed by atoms with Gasteiger partial charge in [0, 0.05) is 22.2 Å². The topological polar surface area (TPSA) is 51.0 Å². The van der Waals surface area contributed by atoms with Crippen molar-refractivity contribution in [3.05, 3.63) is 65.4 Å². The highest BCUT2D eigenvalue weighted by Crippen LogP contribution is 2.26. The lowest BCUT2D eigenvalue weighted by Crippen LogP contribution is -3.27. The van der Waals surface area contributed by atoms with E-state index in [0.717, 1.165) is 60.6 Å². The summed E-state index contributed by atoms with van der Waals surface area (Å²) in [6.45, 7) is 7.91. The molecule has 1 aliphatic heterocycles. The number of Topliss-reactive ketones (excluding diaryl/α,β-unsaturated/α-hetero) is 1. The van der Waals surface area contributed by atoms with Crippen molar-refractivity contribution in [1.82, 2.24) is 4.98 Å². The van der Waals surface area contributed by atoms with Crippen LogP contribution < -0.4 is 14.5 Å². The minimum Gasteiger partial charge on any atom is -0.497 e. The molecule has 0 saturated carbocycles. The zero-order valence-electron chi connectivity index (χ0n) is 16.7. The maximum absolute atomic E-state index is 13.1. The average molecular weight is 380 g/mol. The second-order valence-corrected chi connectivity index (χ2v) is 7.80. The first-order chi connectivity index (χ1) is 13.6. The Morgan fingerprint density at radius 3 is 2.46 bits per heavy atom. The molecule has 0 radical (unpaired) electrons. The highest BCUT2D eigenvalue weighted by atomic mass is 16.5. The first-order valence-corrected chi connectivity index (χ1v) is 10.0. The van der Waals surface area contributed by atoms with Gasteiger partial charge in [0.2, 0.25) is 5.78 Å². The highest BCUT2D eigenvalue weighted by Gasteiger charge is 2.27. The molecule has 3 N–H and O–H groups in total. The van der Waals surface area contributed by atoms with Crippen molar-refractivity contribution < 1.29 is 19.3 Å². The molecule has 146 valence electrons. The molecule has 2 heterocycles. The van der Waals surface area contributed by atoms with Crippen LogP contribution in [0.2, 0.25) is 0 Å². The molecule has 1 aromatic heterocycles. The SMILES string of the molecule is COc1ccc2[nH]c(C)c(C(=O)C[NH+]3CC[NH+](Cc4ccccc4)CC3)c2c1. The van der Waals surface area contributed by atoms with Crippen molar-refractivity contribution in [3.63, 3.8) is 0 Å². The third kappa shape index (κ3) is 3.96. The summed E-state index contributed by atoms with van der Waals surface area (Å²) < 4.78 is 5.34. The Morgan fingerprint density at radius 2 is 1.75 bits per heavy atom. The van der Waals surface area contributed by atoms with Gasteiger partial charge in [-0.15, -0.1) is 0 Å². The number of carbonyl (C=O) groups is 1. The summed E-state index contributed by atoms with van der Waals surface area (Å²) in [5.41, 5.74) is 4.15. The number of benzene rings is 2. The van der Waals surface area contributed by atoms with Gasteiger partial charge in [0.05, 0.1) is 12.7 Å². The van der Waals surface area contributed by atoms with E-state index >= 15 is 0 Å². The molecule has 0 bridgehead atoms. The van der Waals surface area contributed by atoms with Gasteiger partial charge in [0.1, 0.15) is 45.0 Å². The van der Waals surface area contributed by atoms with Crippen LogP contribution in [0.1, 0.15) is 21.6 Å². The number of piperazine rings is 1. The number of ketones is 1. The van der Waals surface area contributed by atoms with Gasteiger partial charge in [-0.25, -0.2) is 0 Å². The summed E-state index contributed by atoms with van der Waals surface area (Å²) in [6.07, 6.45) is 0. The zero-order chi connectivity index (χ0) is 19.5. The molecular weight excluding hydrogens is 350 g/mol. The molecule has 28 heavy (non-hydrogen) atoms. The number of H-pyrrole nitrogens is 1. The largest absolute Gasteiger partial charge is 0.497 e. The van der Waals surface area contributed by atoms with E-state index in [1.54, 1.807) is 12.0 Å². The first-order valence-electron chi connectivity index (χ1n) is 10.0. The highest BCUT2D eigenvalue weighted by molar-refractivity contribution is 6.10. The molecule has 1 fully saturated rings. The van der Waals surface area contributed by atoms with E-state index in [4.69, 9.17) is 4.74 Å². The number of hydrogen-bond acceptors (Lipinski definition) is 2. The monoisotopic (exact) mass is 379 g/mol. The summed E-state index contributed by atoms with van der Waals surface area (Å²) in [6, 6.07) is 16.5. The smallest absolute Gasteiger partial charge is 0.219 e. The van der Waals surface area contributed by atoms with Crippen molar-refractivity contribution in [1.29, 1.82) is 0 Å². The number of nitrogens with one attached hydrogen (secondary N) is 3. The Bertz CT molecular complexity index is 957. The lowest BCUT2D eigenvalue weighted by atomic mass is 10.1. The molecule has 0 unspecified atom stereocenters. The van der Waals surface area contributed by atoms with Crippen LogP contribution in [0, 0.1) is 6.92 Å². The van der Waals surface area contributed by atoms with E-state index in [9.17, 15) is 4.79 Å². The Morgan fingerprint density at radius 1 is 1.04 bits per heavy atom. The van der Waals surface area contributed by atoms with Crippen molar-refractivity contribution in [2.24, 2.45) is 0 Å². The van der Waals surface area contributed by atoms with E-state index in [0.29, 0.717) is 6.54 Å². The van der Waals surface area contributed by atoms with Crippen LogP contribution >= 0.6 is 0 Å². The predicted molar refractivity (Wildman–Crippen MR) is 110 cm³/mol. The molecule has 2 aromatic carbocycles. The summed E-state index contributed by atoms with van der Waals surface area (Å²) in [5.74, 6) is 1.00. The number of aryl methyl sites for hydroxylation is 1. The molecule has 5 heteroatoms. The molecule has 0 aliphatic carbocycles. The Labute approximate surface area is 165 Å². The number of rotatable bonds is 6. The van der Waals surface area contributed by atoms with Crippen molar-refractivity contribution in [2.45, 2.75) is 13.5 Å². The maximum atomic E-state index is 13.1. The fourth-order valence-electron chi connectivity index (χ4n) is 4.30. The van der Waals surface area contributed by atoms with Crippen LogP contribution in [0.5, 0.6) is 5.75 Å². The summed E-state index contributed by atoms with van der Waals surface area (Å²) >= 11 is 0. The minimum absolute atomic E-state index is 0.221. The number of carbonyl (C=O) groups excluding carboxylic acids is 1. The lowest BCUT2D eigenvalue weighted by molar-refractivity contribution is -1.01. The molecule has 5 nitrogen and oxygen atoms in total. The molecule has 1 saturated heterocycles. The third-order valence-corrected chi connectivity index (χ3v) is 5.84. The van der Waals surface area contributed by atoms with Gasteiger partial charge in [0.25, 0.3) is 0 Å². The van der Waals surface area contributed by atoms with Gasteiger partial charge in [-0.05, 0) is 25.1 Å². The van der Waals surface area contributed by atoms with Gasteiger partial charge < -0.3 is 19.5 Å². The van der Waals surface area contributed by atoms with E-state index in [1.165, 1.54) is 10.5 Å². The number of ether oxygens (including phenoxy) is 1. The van der Waals surface area contributed by atoms with Crippen LogP contribution in [0.3, 0.4) is 0 Å². The van der Waals surface area contributed by atoms with Crippen LogP contribution in [0.4, 0.5) is 0 Å². The Kier molecular flexibility index (Phi) is 5.46. The molecule has 0 atom stereocenters. The number of hydrogen-bond donors (Lipinski definition) is 3. The van der Waals surface area contributed by atoms with E-state index < -0.39 is 0 Å². The fraction of sp³-hybridized carbons (Fsp3) is 0.348. The number of methoxy groups -OCH3 is 1. The van der Waals surface area contributed by atoms with Gasteiger partial charge in [-0.1, -0.05) is 30.3 Å². The van der Waals surface area contributed by atoms with Crippen molar-refractivity contribution >= 4 is 16.7 Å². The number of fused-ring (bicyclic) bond motifs is 1. The molecule has 4 rings (SSSR count). The second kappa shape index (κ2) is 8.17. The van der Waals surface area contributed by atoms with Gasteiger partial charge in [-0.3, -0.25) is 4.79 Å². The molecule has 3 aromatic rings. The normalized spacial score (nSPS) is 19.6. The molecular formula is C23H29N3O2+2. The van der Waals surface area contributed by atoms with Gasteiger partial charge in [0.15, 0.2) is 0 Å². The first kappa shape index (κ1) is 18.7. The van der Waals surface area contributed by atoms with Crippen LogP contribution in [-0.2, 0) is 6.54 Å². The summed E-state index contributed by atoms with van der Waals surface area (Å²) in [7, 11) is 1.66. The standard InChI is InChI=1S/C23H27N3O2/c1-17-23(20-14-19(28-2)8-9-21(20)24-17)22(27)16-26-12-10-25(11-13-26)15-18-6-4-3-5-7-18/h3-9,14,24H,10-13,15-16H2,1-2H3/p+2. The maximum Gasteiger partial charge on any atom is 0.219 e. The second-order valence-electron chi connectivity index (χ2n) is 7.80. The van der Waals surface area contributed by atoms with Crippen molar-refractivity contribution in [2.75, 3.05) is 39.8 Å². The summed E-state index contributed by atoms with van der Waals surface area (Å²) in [4.78, 5) is 19.4. The van der Waals surface area contributed by atoms with E-state index in [1.807, 2.05) is 25.1 Å². The van der Waals surface area contributed by atoms with Gasteiger partial charge in [-0.2, -0.15) is 0 Å². The number of aromatic amines is 1. The van der Waals surface area contributed by atoms with E-state index in [-0.39, 0.29) is 5.78 Å². The molecule has 1 aliphatic rings. The minimum atomic E-state index is 0.221. The number of quaternary nitrogens is 2. The van der Waals surface area contributed by atoms with E-state index in [2.05, 4.69) is 35.3 Å².